The van der Waals surface area contributed by atoms with Crippen molar-refractivity contribution in [1.82, 2.24) is 0 Å². The average molecular weight is 443 g/mol. The molecule has 0 fully saturated rings. The minimum atomic E-state index is 0.163. The van der Waals surface area contributed by atoms with E-state index in [2.05, 4.69) is 107 Å². The number of anilines is 2. The summed E-state index contributed by atoms with van der Waals surface area (Å²) >= 11 is 0. The zero-order valence-corrected chi connectivity index (χ0v) is 18.8. The third kappa shape index (κ3) is 5.30. The highest BCUT2D eigenvalue weighted by Gasteiger charge is 2.28. The Morgan fingerprint density at radius 1 is 0.706 bits per heavy atom. The van der Waals surface area contributed by atoms with Crippen molar-refractivity contribution in [2.45, 2.75) is 12.5 Å². The summed E-state index contributed by atoms with van der Waals surface area (Å²) in [6.07, 6.45) is 6.94. The lowest BCUT2D eigenvalue weighted by Crippen LogP contribution is -2.18. The van der Waals surface area contributed by atoms with Crippen LogP contribution in [0.1, 0.15) is 29.2 Å². The van der Waals surface area contributed by atoms with E-state index in [9.17, 15) is 0 Å². The highest BCUT2D eigenvalue weighted by atomic mass is 15.5. The molecule has 0 spiro atoms. The molecule has 0 saturated carbocycles. The van der Waals surface area contributed by atoms with Gasteiger partial charge in [0.2, 0.25) is 0 Å². The maximum absolute atomic E-state index is 4.98. The number of allylic oxidation sites excluding steroid dienone is 1. The van der Waals surface area contributed by atoms with Gasteiger partial charge in [0, 0.05) is 6.42 Å². The lowest BCUT2D eigenvalue weighted by atomic mass is 10.0. The Morgan fingerprint density at radius 2 is 1.35 bits per heavy atom. The molecule has 0 radical (unpaired) electrons. The molecule has 34 heavy (non-hydrogen) atoms. The number of nitrogens with zero attached hydrogens (tertiary/aromatic N) is 3. The van der Waals surface area contributed by atoms with Crippen molar-refractivity contribution in [2.24, 2.45) is 10.2 Å². The molecule has 0 bridgehead atoms. The van der Waals surface area contributed by atoms with Crippen LogP contribution in [0.2, 0.25) is 0 Å². The van der Waals surface area contributed by atoms with Gasteiger partial charge in [0.1, 0.15) is 0 Å². The molecule has 1 N–H and O–H groups in total. The van der Waals surface area contributed by atoms with Gasteiger partial charge in [-0.1, -0.05) is 97.1 Å². The number of hydrogen-bond acceptors (Lipinski definition) is 4. The number of benzene rings is 4. The van der Waals surface area contributed by atoms with Gasteiger partial charge in [-0.3, -0.25) is 10.4 Å². The Hall–Kier alpha value is -4.44. The molecule has 4 heteroatoms. The zero-order chi connectivity index (χ0) is 23.0. The van der Waals surface area contributed by atoms with E-state index in [0.717, 1.165) is 29.1 Å². The molecule has 4 aromatic carbocycles. The highest BCUT2D eigenvalue weighted by molar-refractivity contribution is 6.01. The number of hydrogen-bond donors (Lipinski definition) is 1. The van der Waals surface area contributed by atoms with E-state index in [4.69, 9.17) is 5.10 Å². The summed E-state index contributed by atoms with van der Waals surface area (Å²) < 4.78 is 0. The Kier molecular flexibility index (Phi) is 6.58. The molecule has 4 nitrogen and oxygen atoms in total. The van der Waals surface area contributed by atoms with Crippen LogP contribution in [0.25, 0.3) is 6.08 Å². The summed E-state index contributed by atoms with van der Waals surface area (Å²) in [7, 11) is 0. The Morgan fingerprint density at radius 3 is 2.06 bits per heavy atom. The van der Waals surface area contributed by atoms with Crippen molar-refractivity contribution in [2.75, 3.05) is 10.4 Å². The topological polar surface area (TPSA) is 40.0 Å². The molecule has 4 aromatic rings. The maximum Gasteiger partial charge on any atom is 0.0831 e. The number of para-hydroxylation sites is 1. The van der Waals surface area contributed by atoms with Crippen LogP contribution in [-0.2, 0) is 0 Å². The molecule has 1 aliphatic rings. The van der Waals surface area contributed by atoms with Crippen LogP contribution in [0.15, 0.2) is 132 Å². The zero-order valence-electron chi connectivity index (χ0n) is 18.8. The third-order valence-corrected chi connectivity index (χ3v) is 5.72. The van der Waals surface area contributed by atoms with Crippen LogP contribution >= 0.6 is 0 Å². The first kappa shape index (κ1) is 21.4. The Labute approximate surface area is 200 Å². The lowest BCUT2D eigenvalue weighted by molar-refractivity contribution is 0.709. The molecule has 5 rings (SSSR count). The van der Waals surface area contributed by atoms with E-state index >= 15 is 0 Å². The smallest absolute Gasteiger partial charge is 0.0831 e. The van der Waals surface area contributed by atoms with Crippen molar-refractivity contribution in [3.63, 3.8) is 0 Å². The van der Waals surface area contributed by atoms with Crippen LogP contribution < -0.4 is 10.4 Å². The van der Waals surface area contributed by atoms with Crippen LogP contribution in [0.4, 0.5) is 11.4 Å². The van der Waals surface area contributed by atoms with Crippen molar-refractivity contribution in [3.8, 4) is 0 Å². The van der Waals surface area contributed by atoms with E-state index in [1.807, 2.05) is 42.6 Å². The molecule has 1 heterocycles. The van der Waals surface area contributed by atoms with Gasteiger partial charge in [-0.2, -0.15) is 10.2 Å². The van der Waals surface area contributed by atoms with E-state index < -0.39 is 0 Å². The van der Waals surface area contributed by atoms with Gasteiger partial charge in [0.25, 0.3) is 0 Å². The summed E-state index contributed by atoms with van der Waals surface area (Å²) in [5, 5.41) is 11.4. The summed E-state index contributed by atoms with van der Waals surface area (Å²) in [5.41, 5.74) is 9.60. The van der Waals surface area contributed by atoms with Crippen LogP contribution in [0.5, 0.6) is 0 Å². The lowest BCUT2D eigenvalue weighted by Gasteiger charge is -2.24. The molecular formula is C30H26N4. The van der Waals surface area contributed by atoms with E-state index in [-0.39, 0.29) is 6.04 Å². The predicted octanol–water partition coefficient (Wildman–Crippen LogP) is 7.15. The van der Waals surface area contributed by atoms with Gasteiger partial charge in [0.05, 0.1) is 29.3 Å². The molecule has 1 atom stereocenters. The average Bonchev–Trinajstić information content (AvgIpc) is 3.34. The minimum Gasteiger partial charge on any atom is -0.279 e. The van der Waals surface area contributed by atoms with Gasteiger partial charge < -0.3 is 0 Å². The van der Waals surface area contributed by atoms with Gasteiger partial charge in [-0.05, 0) is 47.0 Å². The largest absolute Gasteiger partial charge is 0.279 e. The van der Waals surface area contributed by atoms with Gasteiger partial charge >= 0.3 is 0 Å². The van der Waals surface area contributed by atoms with Gasteiger partial charge in [-0.25, -0.2) is 0 Å². The van der Waals surface area contributed by atoms with E-state index in [0.29, 0.717) is 0 Å². The normalized spacial score (nSPS) is 15.7. The molecule has 166 valence electrons. The molecule has 1 unspecified atom stereocenters. The van der Waals surface area contributed by atoms with Gasteiger partial charge in [-0.15, -0.1) is 0 Å². The third-order valence-electron chi connectivity index (χ3n) is 5.72. The highest BCUT2D eigenvalue weighted by Crippen LogP contribution is 2.35. The molecular weight excluding hydrogens is 416 g/mol. The molecule has 0 aromatic heterocycles. The number of rotatable bonds is 7. The molecule has 1 aliphatic heterocycles. The standard InChI is InChI=1S/C30H26N4/c1-4-10-24(11-5-1)16-19-28-22-30(26-12-6-2-7-13-26)34(33-28)29-20-17-25(18-21-29)23-31-32-27-14-8-3-9-15-27/h1-21,23,30,32H,22H2. The fourth-order valence-corrected chi connectivity index (χ4v) is 3.97. The minimum absolute atomic E-state index is 0.163. The molecule has 0 saturated heterocycles. The fraction of sp³-hybridized carbons (Fsp3) is 0.0667. The summed E-state index contributed by atoms with van der Waals surface area (Å²) in [6.45, 7) is 0. The second-order valence-electron chi connectivity index (χ2n) is 8.14. The SMILES string of the molecule is C(=Cc1ccccc1)C1=NN(c2ccc(C=NNc3ccccc3)cc2)C(c2ccccc2)C1. The Balaban J connectivity index is 1.35. The second-order valence-corrected chi connectivity index (χ2v) is 8.14. The van der Waals surface area contributed by atoms with Crippen molar-refractivity contribution in [1.29, 1.82) is 0 Å². The number of hydrazone groups is 2. The predicted molar refractivity (Wildman–Crippen MR) is 143 cm³/mol. The van der Waals surface area contributed by atoms with Crippen LogP contribution in [-0.4, -0.2) is 11.9 Å². The molecule has 0 amide bonds. The van der Waals surface area contributed by atoms with Crippen LogP contribution in [0.3, 0.4) is 0 Å². The Bertz CT molecular complexity index is 1280. The van der Waals surface area contributed by atoms with E-state index in [1.54, 1.807) is 0 Å². The van der Waals surface area contributed by atoms with Crippen molar-refractivity contribution >= 4 is 29.4 Å². The summed E-state index contributed by atoms with van der Waals surface area (Å²) in [5.74, 6) is 0. The summed E-state index contributed by atoms with van der Waals surface area (Å²) in [4.78, 5) is 0. The monoisotopic (exact) mass is 442 g/mol. The number of nitrogens with one attached hydrogen (secondary N) is 1. The first-order chi connectivity index (χ1) is 16.8. The maximum atomic E-state index is 4.98. The first-order valence-corrected chi connectivity index (χ1v) is 11.4. The molecule has 0 aliphatic carbocycles. The van der Waals surface area contributed by atoms with Crippen molar-refractivity contribution < 1.29 is 0 Å². The van der Waals surface area contributed by atoms with Crippen LogP contribution in [0, 0.1) is 0 Å². The van der Waals surface area contributed by atoms with Crippen molar-refractivity contribution in [3.05, 3.63) is 138 Å². The van der Waals surface area contributed by atoms with Gasteiger partial charge in [0.15, 0.2) is 0 Å². The van der Waals surface area contributed by atoms with E-state index in [1.165, 1.54) is 11.1 Å². The summed E-state index contributed by atoms with van der Waals surface area (Å²) in [6, 6.07) is 39.3. The first-order valence-electron chi connectivity index (χ1n) is 11.4. The fourth-order valence-electron chi connectivity index (χ4n) is 3.97. The quantitative estimate of drug-likeness (QED) is 0.244. The second kappa shape index (κ2) is 10.5.